The molecule has 0 unspecified atom stereocenters. The van der Waals surface area contributed by atoms with E-state index in [0.29, 0.717) is 17.3 Å². The maximum atomic E-state index is 9.47. The third-order valence-corrected chi connectivity index (χ3v) is 4.56. The zero-order valence-corrected chi connectivity index (χ0v) is 13.5. The van der Waals surface area contributed by atoms with E-state index < -0.39 is 0 Å². The zero-order chi connectivity index (χ0) is 16.1. The lowest BCUT2D eigenvalue weighted by atomic mass is 9.85. The van der Waals surface area contributed by atoms with Gasteiger partial charge in [0.2, 0.25) is 0 Å². The van der Waals surface area contributed by atoms with Crippen molar-refractivity contribution < 1.29 is 0 Å². The Hall–Kier alpha value is -2.41. The van der Waals surface area contributed by atoms with E-state index in [9.17, 15) is 5.26 Å². The fraction of sp³-hybridized carbons (Fsp3) is 0.421. The normalized spacial score (nSPS) is 15.8. The Bertz CT molecular complexity index is 713. The summed E-state index contributed by atoms with van der Waals surface area (Å²) in [5.41, 5.74) is 3.76. The molecule has 1 aromatic carbocycles. The second-order valence-corrected chi connectivity index (χ2v) is 6.39. The predicted octanol–water partition coefficient (Wildman–Crippen LogP) is 4.46. The van der Waals surface area contributed by atoms with Crippen molar-refractivity contribution in [3.8, 4) is 6.07 Å². The molecular weight excluding hydrogens is 284 g/mol. The molecule has 23 heavy (non-hydrogen) atoms. The molecule has 4 heteroatoms. The molecule has 2 aromatic rings. The lowest BCUT2D eigenvalue weighted by Crippen LogP contribution is -2.10. The first-order valence-electron chi connectivity index (χ1n) is 8.34. The van der Waals surface area contributed by atoms with Crippen LogP contribution in [0, 0.1) is 24.2 Å². The quantitative estimate of drug-likeness (QED) is 0.847. The molecule has 0 saturated heterocycles. The summed E-state index contributed by atoms with van der Waals surface area (Å²) in [5.74, 6) is 1.17. The molecule has 0 bridgehead atoms. The monoisotopic (exact) mass is 306 g/mol. The highest BCUT2D eigenvalue weighted by molar-refractivity contribution is 5.82. The number of nitriles is 1. The van der Waals surface area contributed by atoms with Crippen molar-refractivity contribution in [2.75, 3.05) is 0 Å². The largest absolute Gasteiger partial charge is 0.279 e. The summed E-state index contributed by atoms with van der Waals surface area (Å²) >= 11 is 0. The number of hydrogen-bond acceptors (Lipinski definition) is 3. The smallest absolute Gasteiger partial charge is 0.191 e. The van der Waals surface area contributed by atoms with Crippen molar-refractivity contribution in [1.29, 1.82) is 5.26 Å². The van der Waals surface area contributed by atoms with Crippen LogP contribution in [0.2, 0.25) is 0 Å². The van der Waals surface area contributed by atoms with Crippen LogP contribution in [0.1, 0.15) is 54.5 Å². The van der Waals surface area contributed by atoms with Crippen LogP contribution in [0.5, 0.6) is 0 Å². The lowest BCUT2D eigenvalue weighted by Gasteiger charge is -2.20. The van der Waals surface area contributed by atoms with Crippen molar-refractivity contribution in [1.82, 2.24) is 10.2 Å². The first kappa shape index (κ1) is 15.5. The molecule has 1 aliphatic rings. The SMILES string of the molecule is Cc1ccc(C=Nc2n[nH]c(CC3CCCCC3)c2C#N)cc1. The molecule has 3 rings (SSSR count). The van der Waals surface area contributed by atoms with Gasteiger partial charge in [0.05, 0.1) is 5.69 Å². The van der Waals surface area contributed by atoms with Gasteiger partial charge in [-0.2, -0.15) is 10.4 Å². The maximum Gasteiger partial charge on any atom is 0.191 e. The maximum absolute atomic E-state index is 9.47. The van der Waals surface area contributed by atoms with Gasteiger partial charge in [0.25, 0.3) is 0 Å². The Morgan fingerprint density at radius 2 is 2.00 bits per heavy atom. The third kappa shape index (κ3) is 3.87. The van der Waals surface area contributed by atoms with Crippen molar-refractivity contribution in [3.05, 3.63) is 46.6 Å². The molecule has 1 heterocycles. The molecule has 0 amide bonds. The second kappa shape index (κ2) is 7.23. The summed E-state index contributed by atoms with van der Waals surface area (Å²) in [4.78, 5) is 4.40. The summed E-state index contributed by atoms with van der Waals surface area (Å²) in [6.07, 6.45) is 9.14. The minimum absolute atomic E-state index is 0.499. The summed E-state index contributed by atoms with van der Waals surface area (Å²) in [5, 5.41) is 16.7. The summed E-state index contributed by atoms with van der Waals surface area (Å²) < 4.78 is 0. The molecule has 0 atom stereocenters. The molecule has 1 fully saturated rings. The topological polar surface area (TPSA) is 64.8 Å². The number of aryl methyl sites for hydroxylation is 1. The van der Waals surface area contributed by atoms with E-state index in [2.05, 4.69) is 28.2 Å². The Morgan fingerprint density at radius 3 is 2.70 bits per heavy atom. The molecule has 1 aromatic heterocycles. The highest BCUT2D eigenvalue weighted by atomic mass is 15.2. The van der Waals surface area contributed by atoms with E-state index in [1.54, 1.807) is 6.21 Å². The van der Waals surface area contributed by atoms with E-state index in [-0.39, 0.29) is 0 Å². The van der Waals surface area contributed by atoms with Crippen LogP contribution in [-0.4, -0.2) is 16.4 Å². The second-order valence-electron chi connectivity index (χ2n) is 6.39. The van der Waals surface area contributed by atoms with Gasteiger partial charge < -0.3 is 0 Å². The van der Waals surface area contributed by atoms with Crippen LogP contribution >= 0.6 is 0 Å². The predicted molar refractivity (Wildman–Crippen MR) is 92.0 cm³/mol. The first-order valence-corrected chi connectivity index (χ1v) is 8.34. The van der Waals surface area contributed by atoms with E-state index >= 15 is 0 Å². The van der Waals surface area contributed by atoms with Crippen LogP contribution in [0.3, 0.4) is 0 Å². The number of hydrogen-bond donors (Lipinski definition) is 1. The van der Waals surface area contributed by atoms with Gasteiger partial charge >= 0.3 is 0 Å². The van der Waals surface area contributed by atoms with Gasteiger partial charge in [-0.25, -0.2) is 4.99 Å². The van der Waals surface area contributed by atoms with Crippen LogP contribution in [0.15, 0.2) is 29.3 Å². The number of benzene rings is 1. The zero-order valence-electron chi connectivity index (χ0n) is 13.5. The number of H-pyrrole nitrogens is 1. The van der Waals surface area contributed by atoms with Gasteiger partial charge in [0, 0.05) is 6.21 Å². The number of aromatic nitrogens is 2. The van der Waals surface area contributed by atoms with Gasteiger partial charge in [-0.15, -0.1) is 0 Å². The molecule has 0 radical (unpaired) electrons. The van der Waals surface area contributed by atoms with Gasteiger partial charge in [-0.3, -0.25) is 5.10 Å². The molecule has 0 aliphatic heterocycles. The molecule has 1 N–H and O–H groups in total. The van der Waals surface area contributed by atoms with Gasteiger partial charge in [-0.05, 0) is 24.8 Å². The minimum atomic E-state index is 0.499. The number of nitrogens with one attached hydrogen (secondary N) is 1. The van der Waals surface area contributed by atoms with Crippen molar-refractivity contribution in [2.24, 2.45) is 10.9 Å². The number of aliphatic imine (C=N–C) groups is 1. The fourth-order valence-corrected chi connectivity index (χ4v) is 3.19. The summed E-state index contributed by atoms with van der Waals surface area (Å²) in [6, 6.07) is 10.4. The summed E-state index contributed by atoms with van der Waals surface area (Å²) in [7, 11) is 0. The number of rotatable bonds is 4. The van der Waals surface area contributed by atoms with Gasteiger partial charge in [0.15, 0.2) is 5.82 Å². The Balaban J connectivity index is 1.75. The third-order valence-electron chi connectivity index (χ3n) is 4.56. The molecule has 4 nitrogen and oxygen atoms in total. The number of aromatic amines is 1. The van der Waals surface area contributed by atoms with Crippen LogP contribution < -0.4 is 0 Å². The van der Waals surface area contributed by atoms with E-state index in [1.165, 1.54) is 37.7 Å². The average Bonchev–Trinajstić information content (AvgIpc) is 2.97. The molecule has 0 spiro atoms. The Kier molecular flexibility index (Phi) is 4.87. The average molecular weight is 306 g/mol. The van der Waals surface area contributed by atoms with Crippen molar-refractivity contribution in [3.63, 3.8) is 0 Å². The lowest BCUT2D eigenvalue weighted by molar-refractivity contribution is 0.354. The van der Waals surface area contributed by atoms with E-state index in [0.717, 1.165) is 17.7 Å². The standard InChI is InChI=1S/C19H22N4/c1-14-7-9-16(10-8-14)13-21-19-17(12-20)18(22-23-19)11-15-5-3-2-4-6-15/h7-10,13,15H,2-6,11H2,1H3,(H,22,23). The highest BCUT2D eigenvalue weighted by Gasteiger charge is 2.19. The molecule has 118 valence electrons. The first-order chi connectivity index (χ1) is 11.3. The summed E-state index contributed by atoms with van der Waals surface area (Å²) in [6.45, 7) is 2.06. The molecule has 1 aliphatic carbocycles. The van der Waals surface area contributed by atoms with Gasteiger partial charge in [-0.1, -0.05) is 61.9 Å². The van der Waals surface area contributed by atoms with Crippen LogP contribution in [0.25, 0.3) is 0 Å². The molecule has 1 saturated carbocycles. The van der Waals surface area contributed by atoms with Crippen molar-refractivity contribution in [2.45, 2.75) is 45.4 Å². The van der Waals surface area contributed by atoms with Crippen LogP contribution in [0.4, 0.5) is 5.82 Å². The van der Waals surface area contributed by atoms with Crippen LogP contribution in [-0.2, 0) is 6.42 Å². The molecular formula is C19H22N4. The Labute approximate surface area is 137 Å². The van der Waals surface area contributed by atoms with E-state index in [4.69, 9.17) is 0 Å². The van der Waals surface area contributed by atoms with E-state index in [1.807, 2.05) is 24.3 Å². The minimum Gasteiger partial charge on any atom is -0.279 e. The van der Waals surface area contributed by atoms with Crippen molar-refractivity contribution >= 4 is 12.0 Å². The van der Waals surface area contributed by atoms with Gasteiger partial charge in [0.1, 0.15) is 11.6 Å². The number of nitrogens with zero attached hydrogens (tertiary/aromatic N) is 3. The Morgan fingerprint density at radius 1 is 1.26 bits per heavy atom. The highest BCUT2D eigenvalue weighted by Crippen LogP contribution is 2.29. The fourth-order valence-electron chi connectivity index (χ4n) is 3.19.